The van der Waals surface area contributed by atoms with E-state index in [-0.39, 0.29) is 5.75 Å². The summed E-state index contributed by atoms with van der Waals surface area (Å²) in [7, 11) is 0. The first kappa shape index (κ1) is 17.0. The molecule has 0 saturated heterocycles. The highest BCUT2D eigenvalue weighted by Gasteiger charge is 2.17. The summed E-state index contributed by atoms with van der Waals surface area (Å²) in [5, 5.41) is 23.8. The zero-order valence-corrected chi connectivity index (χ0v) is 14.5. The Morgan fingerprint density at radius 3 is 2.80 bits per heavy atom. The van der Waals surface area contributed by atoms with E-state index < -0.39 is 5.97 Å². The van der Waals surface area contributed by atoms with Gasteiger partial charge in [-0.2, -0.15) is 9.78 Å². The van der Waals surface area contributed by atoms with E-state index in [4.69, 9.17) is 4.42 Å². The average molecular weight is 355 g/mol. The molecule has 25 heavy (non-hydrogen) atoms. The third kappa shape index (κ3) is 3.80. The SMILES string of the molecule is Cc1ccccc1/C=N\n1c(SCC(=O)[O-])nnc1-c1ccoc1C. The quantitative estimate of drug-likeness (QED) is 0.495. The van der Waals surface area contributed by atoms with E-state index in [0.29, 0.717) is 16.7 Å². The summed E-state index contributed by atoms with van der Waals surface area (Å²) in [5.41, 5.74) is 2.76. The van der Waals surface area contributed by atoms with Gasteiger partial charge in [-0.3, -0.25) is 0 Å². The predicted octanol–water partition coefficient (Wildman–Crippen LogP) is 1.88. The first-order valence-corrected chi connectivity index (χ1v) is 8.47. The van der Waals surface area contributed by atoms with Crippen LogP contribution in [0.1, 0.15) is 16.9 Å². The van der Waals surface area contributed by atoms with Crippen LogP contribution in [0.2, 0.25) is 0 Å². The fraction of sp³-hybridized carbons (Fsp3) is 0.176. The van der Waals surface area contributed by atoms with Crippen LogP contribution in [0.25, 0.3) is 11.4 Å². The number of benzene rings is 1. The zero-order valence-electron chi connectivity index (χ0n) is 13.7. The van der Waals surface area contributed by atoms with Crippen molar-refractivity contribution in [2.75, 3.05) is 5.75 Å². The highest BCUT2D eigenvalue weighted by atomic mass is 32.2. The zero-order chi connectivity index (χ0) is 17.8. The van der Waals surface area contributed by atoms with Gasteiger partial charge in [0.05, 0.1) is 24.0 Å². The summed E-state index contributed by atoms with van der Waals surface area (Å²) < 4.78 is 6.83. The lowest BCUT2D eigenvalue weighted by atomic mass is 10.1. The van der Waals surface area contributed by atoms with Gasteiger partial charge in [-0.15, -0.1) is 10.2 Å². The first-order chi connectivity index (χ1) is 12.1. The summed E-state index contributed by atoms with van der Waals surface area (Å²) in [5.74, 6) is -0.251. The minimum absolute atomic E-state index is 0.234. The summed E-state index contributed by atoms with van der Waals surface area (Å²) in [6.07, 6.45) is 3.25. The van der Waals surface area contributed by atoms with E-state index in [9.17, 15) is 9.90 Å². The highest BCUT2D eigenvalue weighted by Crippen LogP contribution is 2.26. The molecule has 0 radical (unpaired) electrons. The second-order valence-electron chi connectivity index (χ2n) is 5.27. The van der Waals surface area contributed by atoms with Crippen LogP contribution in [0.15, 0.2) is 51.3 Å². The molecular formula is C17H15N4O3S-. The number of hydrogen-bond donors (Lipinski definition) is 0. The van der Waals surface area contributed by atoms with Crippen molar-refractivity contribution in [2.45, 2.75) is 19.0 Å². The van der Waals surface area contributed by atoms with Crippen LogP contribution in [0.3, 0.4) is 0 Å². The fourth-order valence-electron chi connectivity index (χ4n) is 2.22. The van der Waals surface area contributed by atoms with Crippen molar-refractivity contribution in [3.05, 3.63) is 53.5 Å². The second-order valence-corrected chi connectivity index (χ2v) is 6.21. The number of carboxylic acids is 1. The minimum Gasteiger partial charge on any atom is -0.549 e. The highest BCUT2D eigenvalue weighted by molar-refractivity contribution is 7.99. The van der Waals surface area contributed by atoms with Crippen LogP contribution in [0.4, 0.5) is 0 Å². The minimum atomic E-state index is -1.18. The Bertz CT molecular complexity index is 930. The van der Waals surface area contributed by atoms with Gasteiger partial charge in [0, 0.05) is 5.75 Å². The number of hydrogen-bond acceptors (Lipinski definition) is 7. The molecule has 0 N–H and O–H groups in total. The van der Waals surface area contributed by atoms with Crippen molar-refractivity contribution in [3.8, 4) is 11.4 Å². The molecule has 0 aliphatic carbocycles. The van der Waals surface area contributed by atoms with Crippen LogP contribution in [0, 0.1) is 13.8 Å². The Kier molecular flexibility index (Phi) is 4.99. The van der Waals surface area contributed by atoms with Gasteiger partial charge in [-0.1, -0.05) is 36.0 Å². The molecule has 128 valence electrons. The molecule has 3 rings (SSSR count). The van der Waals surface area contributed by atoms with Crippen molar-refractivity contribution in [2.24, 2.45) is 5.10 Å². The number of aromatic nitrogens is 3. The molecule has 2 heterocycles. The molecule has 0 fully saturated rings. The Morgan fingerprint density at radius 1 is 1.32 bits per heavy atom. The Hall–Kier alpha value is -2.87. The van der Waals surface area contributed by atoms with E-state index in [1.165, 1.54) is 4.68 Å². The van der Waals surface area contributed by atoms with E-state index >= 15 is 0 Å². The van der Waals surface area contributed by atoms with E-state index in [2.05, 4.69) is 15.3 Å². The fourth-order valence-corrected chi connectivity index (χ4v) is 2.82. The van der Waals surface area contributed by atoms with Gasteiger partial charge < -0.3 is 14.3 Å². The first-order valence-electron chi connectivity index (χ1n) is 7.49. The number of carbonyl (C=O) groups excluding carboxylic acids is 1. The third-order valence-corrected chi connectivity index (χ3v) is 4.42. The molecule has 0 saturated carbocycles. The smallest absolute Gasteiger partial charge is 0.212 e. The van der Waals surface area contributed by atoms with Crippen molar-refractivity contribution in [1.82, 2.24) is 14.9 Å². The maximum atomic E-state index is 10.8. The van der Waals surface area contributed by atoms with Gasteiger partial charge in [0.15, 0.2) is 5.82 Å². The maximum Gasteiger partial charge on any atom is 0.212 e. The summed E-state index contributed by atoms with van der Waals surface area (Å²) >= 11 is 1.00. The molecule has 0 atom stereocenters. The van der Waals surface area contributed by atoms with Crippen molar-refractivity contribution < 1.29 is 14.3 Å². The van der Waals surface area contributed by atoms with Crippen molar-refractivity contribution in [1.29, 1.82) is 0 Å². The van der Waals surface area contributed by atoms with Crippen LogP contribution in [-0.4, -0.2) is 32.8 Å². The molecule has 2 aromatic heterocycles. The molecule has 0 unspecified atom stereocenters. The molecule has 8 heteroatoms. The van der Waals surface area contributed by atoms with Crippen molar-refractivity contribution >= 4 is 23.9 Å². The van der Waals surface area contributed by atoms with Crippen LogP contribution < -0.4 is 5.11 Å². The summed E-state index contributed by atoms with van der Waals surface area (Å²) in [4.78, 5) is 10.8. The summed E-state index contributed by atoms with van der Waals surface area (Å²) in [6.45, 7) is 3.80. The topological polar surface area (TPSA) is 96.3 Å². The van der Waals surface area contributed by atoms with Crippen molar-refractivity contribution in [3.63, 3.8) is 0 Å². The lowest BCUT2D eigenvalue weighted by Crippen LogP contribution is -2.24. The number of carboxylic acid groups (broad SMARTS) is 1. The van der Waals surface area contributed by atoms with Gasteiger partial charge in [0.1, 0.15) is 5.76 Å². The number of aliphatic carboxylic acids is 1. The number of nitrogens with zero attached hydrogens (tertiary/aromatic N) is 4. The maximum absolute atomic E-state index is 10.8. The normalized spacial score (nSPS) is 11.3. The molecule has 7 nitrogen and oxygen atoms in total. The van der Waals surface area contributed by atoms with Crippen LogP contribution >= 0.6 is 11.8 Å². The lowest BCUT2D eigenvalue weighted by molar-refractivity contribution is -0.301. The molecule has 0 bridgehead atoms. The predicted molar refractivity (Wildman–Crippen MR) is 92.4 cm³/mol. The molecule has 1 aromatic carbocycles. The van der Waals surface area contributed by atoms with Crippen LogP contribution in [0.5, 0.6) is 0 Å². The molecule has 0 spiro atoms. The summed E-state index contributed by atoms with van der Waals surface area (Å²) in [6, 6.07) is 9.58. The van der Waals surface area contributed by atoms with Crippen LogP contribution in [-0.2, 0) is 4.79 Å². The Morgan fingerprint density at radius 2 is 2.12 bits per heavy atom. The van der Waals surface area contributed by atoms with Gasteiger partial charge >= 0.3 is 0 Å². The number of carbonyl (C=O) groups is 1. The molecule has 3 aromatic rings. The molecule has 0 aliphatic rings. The monoisotopic (exact) mass is 355 g/mol. The lowest BCUT2D eigenvalue weighted by Gasteiger charge is -2.05. The number of furan rings is 1. The van der Waals surface area contributed by atoms with Gasteiger partial charge in [-0.05, 0) is 31.0 Å². The van der Waals surface area contributed by atoms with E-state index in [1.807, 2.05) is 38.1 Å². The number of rotatable bonds is 6. The standard InChI is InChI=1S/C17H16N4O3S/c1-11-5-3-4-6-13(11)9-18-21-16(14-7-8-24-12(14)2)19-20-17(21)25-10-15(22)23/h3-9H,10H2,1-2H3,(H,22,23)/p-1/b18-9-. The number of thioether (sulfide) groups is 1. The Balaban J connectivity index is 2.02. The Labute approximate surface area is 148 Å². The largest absolute Gasteiger partial charge is 0.549 e. The molecule has 0 amide bonds. The second kappa shape index (κ2) is 7.35. The van der Waals surface area contributed by atoms with Gasteiger partial charge in [0.2, 0.25) is 5.16 Å². The molecular weight excluding hydrogens is 340 g/mol. The molecule has 0 aliphatic heterocycles. The number of aryl methyl sites for hydroxylation is 2. The van der Waals surface area contributed by atoms with Gasteiger partial charge in [0.25, 0.3) is 0 Å². The third-order valence-electron chi connectivity index (χ3n) is 3.53. The van der Waals surface area contributed by atoms with E-state index in [0.717, 1.165) is 28.5 Å². The van der Waals surface area contributed by atoms with E-state index in [1.54, 1.807) is 18.5 Å². The van der Waals surface area contributed by atoms with Gasteiger partial charge in [-0.25, -0.2) is 0 Å². The average Bonchev–Trinajstić information content (AvgIpc) is 3.17.